The van der Waals surface area contributed by atoms with Crippen molar-refractivity contribution in [2.75, 3.05) is 25.5 Å². The fourth-order valence-corrected chi connectivity index (χ4v) is 5.25. The maximum Gasteiger partial charge on any atom is 0.248 e. The van der Waals surface area contributed by atoms with Crippen molar-refractivity contribution in [2.24, 2.45) is 0 Å². The summed E-state index contributed by atoms with van der Waals surface area (Å²) in [5.41, 5.74) is 2.12. The van der Waals surface area contributed by atoms with Crippen LogP contribution in [-0.4, -0.2) is 44.9 Å². The van der Waals surface area contributed by atoms with Gasteiger partial charge in [0.05, 0.1) is 23.8 Å². The van der Waals surface area contributed by atoms with Gasteiger partial charge in [-0.3, -0.25) is 4.79 Å². The molecule has 1 aliphatic heterocycles. The number of aryl methyl sites for hydroxylation is 1. The highest BCUT2D eigenvalue weighted by Gasteiger charge is 2.27. The van der Waals surface area contributed by atoms with E-state index in [0.29, 0.717) is 30.3 Å². The highest BCUT2D eigenvalue weighted by Crippen LogP contribution is 2.31. The molecule has 2 aromatic rings. The minimum absolute atomic E-state index is 0.139. The molecule has 0 aliphatic carbocycles. The summed E-state index contributed by atoms with van der Waals surface area (Å²) in [6.45, 7) is 6.72. The lowest BCUT2D eigenvalue weighted by Gasteiger charge is -2.26. The third-order valence-electron chi connectivity index (χ3n) is 5.32. The number of ether oxygens (including phenoxy) is 2. The number of benzene rings is 2. The Morgan fingerprint density at radius 1 is 1.06 bits per heavy atom. The van der Waals surface area contributed by atoms with Crippen LogP contribution in [0.4, 0.5) is 5.69 Å². The fourth-order valence-electron chi connectivity index (χ4n) is 3.70. The molecule has 0 atom stereocenters. The molecule has 33 heavy (non-hydrogen) atoms. The van der Waals surface area contributed by atoms with Crippen molar-refractivity contribution in [2.45, 2.75) is 51.0 Å². The lowest BCUT2D eigenvalue weighted by atomic mass is 10.1. The maximum absolute atomic E-state index is 13.1. The molecule has 1 heterocycles. The first-order valence-corrected chi connectivity index (χ1v) is 12.6. The number of amides is 1. The van der Waals surface area contributed by atoms with Gasteiger partial charge in [-0.1, -0.05) is 18.1 Å². The number of piperidine rings is 1. The molecule has 7 nitrogen and oxygen atoms in total. The molecule has 0 unspecified atom stereocenters. The Morgan fingerprint density at radius 2 is 1.76 bits per heavy atom. The molecule has 1 fully saturated rings. The lowest BCUT2D eigenvalue weighted by Crippen LogP contribution is -2.35. The summed E-state index contributed by atoms with van der Waals surface area (Å²) in [6.07, 6.45) is 5.65. The van der Waals surface area contributed by atoms with Crippen LogP contribution < -0.4 is 14.8 Å². The van der Waals surface area contributed by atoms with E-state index in [1.54, 1.807) is 19.3 Å². The highest BCUT2D eigenvalue weighted by atomic mass is 32.2. The maximum atomic E-state index is 13.1. The van der Waals surface area contributed by atoms with E-state index in [1.807, 2.05) is 39.0 Å². The number of nitrogens with one attached hydrogen (secondary N) is 1. The molecule has 1 saturated heterocycles. The Hall–Kier alpha value is -2.84. The van der Waals surface area contributed by atoms with Gasteiger partial charge in [0.1, 0.15) is 11.5 Å². The summed E-state index contributed by atoms with van der Waals surface area (Å²) < 4.78 is 38.9. The van der Waals surface area contributed by atoms with E-state index in [9.17, 15) is 13.2 Å². The molecule has 178 valence electrons. The topological polar surface area (TPSA) is 84.9 Å². The van der Waals surface area contributed by atoms with E-state index in [2.05, 4.69) is 5.32 Å². The molecule has 2 aromatic carbocycles. The molecule has 0 aromatic heterocycles. The number of carbonyl (C=O) groups is 1. The first-order chi connectivity index (χ1) is 15.7. The Morgan fingerprint density at radius 3 is 2.42 bits per heavy atom. The number of hydrogen-bond acceptors (Lipinski definition) is 5. The summed E-state index contributed by atoms with van der Waals surface area (Å²) in [6, 6.07) is 10.3. The molecule has 1 amide bonds. The van der Waals surface area contributed by atoms with Crippen molar-refractivity contribution >= 4 is 27.7 Å². The van der Waals surface area contributed by atoms with Crippen LogP contribution in [0.25, 0.3) is 6.08 Å². The van der Waals surface area contributed by atoms with Crippen molar-refractivity contribution in [1.82, 2.24) is 4.31 Å². The van der Waals surface area contributed by atoms with Crippen LogP contribution in [0.5, 0.6) is 11.5 Å². The second kappa shape index (κ2) is 10.9. The van der Waals surface area contributed by atoms with E-state index in [4.69, 9.17) is 9.47 Å². The quantitative estimate of drug-likeness (QED) is 0.567. The van der Waals surface area contributed by atoms with Gasteiger partial charge in [0.25, 0.3) is 0 Å². The monoisotopic (exact) mass is 472 g/mol. The molecular weight excluding hydrogens is 440 g/mol. The normalized spacial score (nSPS) is 15.1. The zero-order valence-electron chi connectivity index (χ0n) is 19.6. The number of rotatable bonds is 8. The smallest absolute Gasteiger partial charge is 0.248 e. The molecule has 1 N–H and O–H groups in total. The van der Waals surface area contributed by atoms with E-state index < -0.39 is 15.9 Å². The SMILES string of the molecule is COc1ccc(C)cc1/C=C/C(=O)Nc1cc(S(=O)(=O)N2CCCCC2)ccc1OC(C)C. The first-order valence-electron chi connectivity index (χ1n) is 11.2. The van der Waals surface area contributed by atoms with Gasteiger partial charge in [-0.15, -0.1) is 0 Å². The number of anilines is 1. The number of sulfonamides is 1. The summed E-state index contributed by atoms with van der Waals surface area (Å²) in [5.74, 6) is 0.667. The average molecular weight is 473 g/mol. The molecule has 3 rings (SSSR count). The molecule has 0 bridgehead atoms. The van der Waals surface area contributed by atoms with Gasteiger partial charge < -0.3 is 14.8 Å². The van der Waals surface area contributed by atoms with Gasteiger partial charge in [-0.2, -0.15) is 4.31 Å². The number of methoxy groups -OCH3 is 1. The van der Waals surface area contributed by atoms with Crippen molar-refractivity contribution in [1.29, 1.82) is 0 Å². The standard InChI is InChI=1S/C25H32N2O5S/c1-18(2)32-24-12-10-21(33(29,30)27-14-6-5-7-15-27)17-22(24)26-25(28)13-9-20-16-19(3)8-11-23(20)31-4/h8-13,16-18H,5-7,14-15H2,1-4H3,(H,26,28)/b13-9+. The molecule has 8 heteroatoms. The number of nitrogens with zero attached hydrogens (tertiary/aromatic N) is 1. The summed E-state index contributed by atoms with van der Waals surface area (Å²) in [7, 11) is -2.07. The fraction of sp³-hybridized carbons (Fsp3) is 0.400. The number of hydrogen-bond donors (Lipinski definition) is 1. The van der Waals surface area contributed by atoms with Gasteiger partial charge in [0.2, 0.25) is 15.9 Å². The van der Waals surface area contributed by atoms with Gasteiger partial charge >= 0.3 is 0 Å². The molecule has 0 spiro atoms. The van der Waals surface area contributed by atoms with Crippen LogP contribution >= 0.6 is 0 Å². The zero-order valence-corrected chi connectivity index (χ0v) is 20.4. The average Bonchev–Trinajstić information content (AvgIpc) is 2.79. The minimum Gasteiger partial charge on any atom is -0.496 e. The molecule has 0 radical (unpaired) electrons. The lowest BCUT2D eigenvalue weighted by molar-refractivity contribution is -0.111. The second-order valence-electron chi connectivity index (χ2n) is 8.36. The van der Waals surface area contributed by atoms with Crippen LogP contribution in [0, 0.1) is 6.92 Å². The third-order valence-corrected chi connectivity index (χ3v) is 7.22. The van der Waals surface area contributed by atoms with Crippen LogP contribution in [0.2, 0.25) is 0 Å². The van der Waals surface area contributed by atoms with E-state index in [0.717, 1.165) is 30.4 Å². The van der Waals surface area contributed by atoms with Crippen LogP contribution in [-0.2, 0) is 14.8 Å². The van der Waals surface area contributed by atoms with Gasteiger partial charge in [0.15, 0.2) is 0 Å². The van der Waals surface area contributed by atoms with Crippen molar-refractivity contribution in [3.05, 3.63) is 53.6 Å². The Labute approximate surface area is 196 Å². The number of carbonyl (C=O) groups excluding carboxylic acids is 1. The second-order valence-corrected chi connectivity index (χ2v) is 10.3. The van der Waals surface area contributed by atoms with Crippen LogP contribution in [0.3, 0.4) is 0 Å². The van der Waals surface area contributed by atoms with Gasteiger partial charge in [-0.05, 0) is 70.0 Å². The van der Waals surface area contributed by atoms with Crippen molar-refractivity contribution in [3.63, 3.8) is 0 Å². The van der Waals surface area contributed by atoms with Crippen LogP contribution in [0.15, 0.2) is 47.4 Å². The predicted octanol–water partition coefficient (Wildman–Crippen LogP) is 4.62. The minimum atomic E-state index is -3.64. The first kappa shape index (κ1) is 24.8. The van der Waals surface area contributed by atoms with Crippen molar-refractivity contribution < 1.29 is 22.7 Å². The van der Waals surface area contributed by atoms with E-state index >= 15 is 0 Å². The summed E-state index contributed by atoms with van der Waals surface area (Å²) >= 11 is 0. The molecular formula is C25H32N2O5S. The van der Waals surface area contributed by atoms with Crippen LogP contribution in [0.1, 0.15) is 44.2 Å². The summed E-state index contributed by atoms with van der Waals surface area (Å²) in [5, 5.41) is 2.78. The summed E-state index contributed by atoms with van der Waals surface area (Å²) in [4.78, 5) is 12.9. The Balaban J connectivity index is 1.87. The zero-order chi connectivity index (χ0) is 24.0. The van der Waals surface area contributed by atoms with E-state index in [1.165, 1.54) is 22.5 Å². The third kappa shape index (κ3) is 6.36. The highest BCUT2D eigenvalue weighted by molar-refractivity contribution is 7.89. The Bertz CT molecular complexity index is 1120. The van der Waals surface area contributed by atoms with Crippen molar-refractivity contribution in [3.8, 4) is 11.5 Å². The largest absolute Gasteiger partial charge is 0.496 e. The van der Waals surface area contributed by atoms with Gasteiger partial charge in [0, 0.05) is 24.7 Å². The van der Waals surface area contributed by atoms with E-state index in [-0.39, 0.29) is 11.0 Å². The Kier molecular flexibility index (Phi) is 8.15. The molecule has 1 aliphatic rings. The predicted molar refractivity (Wildman–Crippen MR) is 130 cm³/mol. The van der Waals surface area contributed by atoms with Gasteiger partial charge in [-0.25, -0.2) is 8.42 Å². The molecule has 0 saturated carbocycles.